The van der Waals surface area contributed by atoms with Gasteiger partial charge in [-0.25, -0.2) is 0 Å². The van der Waals surface area contributed by atoms with Crippen molar-refractivity contribution >= 4 is 5.69 Å². The number of para-hydroxylation sites is 1. The van der Waals surface area contributed by atoms with E-state index in [0.29, 0.717) is 0 Å². The molecule has 0 unspecified atom stereocenters. The Bertz CT molecular complexity index is 372. The minimum atomic E-state index is 0.740. The number of benzene rings is 1. The molecule has 0 aliphatic carbocycles. The van der Waals surface area contributed by atoms with Gasteiger partial charge in [0.05, 0.1) is 6.61 Å². The van der Waals surface area contributed by atoms with Crippen LogP contribution in [0.3, 0.4) is 0 Å². The molecule has 0 aliphatic heterocycles. The summed E-state index contributed by atoms with van der Waals surface area (Å²) < 4.78 is 10.4. The van der Waals surface area contributed by atoms with E-state index in [2.05, 4.69) is 41.4 Å². The van der Waals surface area contributed by atoms with Crippen molar-refractivity contribution in [3.8, 4) is 0 Å². The lowest BCUT2D eigenvalue weighted by Crippen LogP contribution is -2.30. The second kappa shape index (κ2) is 11.5. The second-order valence-corrected chi connectivity index (χ2v) is 5.13. The average Bonchev–Trinajstić information content (AvgIpc) is 2.52. The molecular formula is C17H30N2O2. The molecule has 0 bridgehead atoms. The summed E-state index contributed by atoms with van der Waals surface area (Å²) in [6.07, 6.45) is 2.18. The lowest BCUT2D eigenvalue weighted by molar-refractivity contribution is 0.191. The molecule has 4 heteroatoms. The standard InChI is InChI=1S/C17H30N2O2/c1-4-10-18-15-16-8-5-6-9-17(16)19(12-14-21-3)11-7-13-20-2/h5-6,8-9,18H,4,7,10-15H2,1-3H3. The van der Waals surface area contributed by atoms with Crippen LogP contribution in [0.2, 0.25) is 0 Å². The van der Waals surface area contributed by atoms with Crippen molar-refractivity contribution < 1.29 is 9.47 Å². The first kappa shape index (κ1) is 18.0. The normalized spacial score (nSPS) is 10.8. The molecule has 1 N–H and O–H groups in total. The van der Waals surface area contributed by atoms with Gasteiger partial charge in [0, 0.05) is 46.1 Å². The highest BCUT2D eigenvalue weighted by molar-refractivity contribution is 5.53. The Kier molecular flexibility index (Phi) is 9.87. The lowest BCUT2D eigenvalue weighted by atomic mass is 10.1. The molecule has 0 aliphatic rings. The van der Waals surface area contributed by atoms with Crippen LogP contribution in [0.25, 0.3) is 0 Å². The first-order valence-electron chi connectivity index (χ1n) is 7.85. The van der Waals surface area contributed by atoms with Crippen LogP contribution in [0.1, 0.15) is 25.3 Å². The number of nitrogens with one attached hydrogen (secondary N) is 1. The van der Waals surface area contributed by atoms with Crippen molar-refractivity contribution in [2.24, 2.45) is 0 Å². The van der Waals surface area contributed by atoms with E-state index in [9.17, 15) is 0 Å². The molecule has 0 saturated heterocycles. The van der Waals surface area contributed by atoms with Crippen molar-refractivity contribution in [3.63, 3.8) is 0 Å². The van der Waals surface area contributed by atoms with E-state index in [1.807, 2.05) is 0 Å². The van der Waals surface area contributed by atoms with Crippen molar-refractivity contribution in [2.45, 2.75) is 26.3 Å². The van der Waals surface area contributed by atoms with E-state index in [4.69, 9.17) is 9.47 Å². The van der Waals surface area contributed by atoms with Gasteiger partial charge >= 0.3 is 0 Å². The molecule has 1 aromatic rings. The molecule has 4 nitrogen and oxygen atoms in total. The second-order valence-electron chi connectivity index (χ2n) is 5.13. The highest BCUT2D eigenvalue weighted by atomic mass is 16.5. The van der Waals surface area contributed by atoms with E-state index in [-0.39, 0.29) is 0 Å². The number of nitrogens with zero attached hydrogens (tertiary/aromatic N) is 1. The SMILES string of the molecule is CCCNCc1ccccc1N(CCCOC)CCOC. The van der Waals surface area contributed by atoms with Crippen LogP contribution in [-0.4, -0.2) is 47.1 Å². The van der Waals surface area contributed by atoms with Gasteiger partial charge in [0.2, 0.25) is 0 Å². The third-order valence-corrected chi connectivity index (χ3v) is 3.42. The Morgan fingerprint density at radius 2 is 1.81 bits per heavy atom. The Hall–Kier alpha value is -1.10. The molecule has 0 atom stereocenters. The molecule has 0 amide bonds. The van der Waals surface area contributed by atoms with Gasteiger partial charge in [0.25, 0.3) is 0 Å². The van der Waals surface area contributed by atoms with Gasteiger partial charge in [0.1, 0.15) is 0 Å². The zero-order chi connectivity index (χ0) is 15.3. The van der Waals surface area contributed by atoms with Crippen molar-refractivity contribution in [1.82, 2.24) is 5.32 Å². The van der Waals surface area contributed by atoms with Crippen molar-refractivity contribution in [1.29, 1.82) is 0 Å². The van der Waals surface area contributed by atoms with Gasteiger partial charge in [-0.15, -0.1) is 0 Å². The maximum Gasteiger partial charge on any atom is 0.0637 e. The van der Waals surface area contributed by atoms with Crippen LogP contribution >= 0.6 is 0 Å². The molecule has 0 heterocycles. The fourth-order valence-electron chi connectivity index (χ4n) is 2.32. The molecule has 0 saturated carbocycles. The maximum atomic E-state index is 5.25. The Morgan fingerprint density at radius 1 is 1.05 bits per heavy atom. The molecule has 1 rings (SSSR count). The van der Waals surface area contributed by atoms with Crippen LogP contribution in [0.5, 0.6) is 0 Å². The van der Waals surface area contributed by atoms with E-state index < -0.39 is 0 Å². The first-order chi connectivity index (χ1) is 10.3. The van der Waals surface area contributed by atoms with Gasteiger partial charge in [-0.05, 0) is 31.0 Å². The summed E-state index contributed by atoms with van der Waals surface area (Å²) in [5.74, 6) is 0. The highest BCUT2D eigenvalue weighted by Gasteiger charge is 2.10. The van der Waals surface area contributed by atoms with Gasteiger partial charge in [0.15, 0.2) is 0 Å². The molecule has 0 spiro atoms. The summed E-state index contributed by atoms with van der Waals surface area (Å²) in [7, 11) is 3.50. The van der Waals surface area contributed by atoms with E-state index >= 15 is 0 Å². The molecule has 0 radical (unpaired) electrons. The predicted molar refractivity (Wildman–Crippen MR) is 89.0 cm³/mol. The molecule has 21 heavy (non-hydrogen) atoms. The molecule has 0 fully saturated rings. The summed E-state index contributed by atoms with van der Waals surface area (Å²) in [6, 6.07) is 8.62. The number of rotatable bonds is 12. The monoisotopic (exact) mass is 294 g/mol. The summed E-state index contributed by atoms with van der Waals surface area (Å²) >= 11 is 0. The van der Waals surface area contributed by atoms with Crippen LogP contribution in [-0.2, 0) is 16.0 Å². The van der Waals surface area contributed by atoms with Gasteiger partial charge in [-0.1, -0.05) is 25.1 Å². The fraction of sp³-hybridized carbons (Fsp3) is 0.647. The van der Waals surface area contributed by atoms with Gasteiger partial charge < -0.3 is 19.7 Å². The largest absolute Gasteiger partial charge is 0.385 e. The Labute approximate surface area is 129 Å². The Balaban J connectivity index is 2.73. The van der Waals surface area contributed by atoms with Crippen molar-refractivity contribution in [2.75, 3.05) is 52.0 Å². The first-order valence-corrected chi connectivity index (χ1v) is 7.85. The van der Waals surface area contributed by atoms with Crippen LogP contribution in [0, 0.1) is 0 Å². The number of ether oxygens (including phenoxy) is 2. The molecule has 0 aromatic heterocycles. The van der Waals surface area contributed by atoms with Crippen LogP contribution in [0.15, 0.2) is 24.3 Å². The number of hydrogen-bond donors (Lipinski definition) is 1. The number of anilines is 1. The summed E-state index contributed by atoms with van der Waals surface area (Å²) in [5, 5.41) is 3.49. The topological polar surface area (TPSA) is 33.7 Å². The van der Waals surface area contributed by atoms with E-state index in [1.54, 1.807) is 14.2 Å². The molecule has 1 aromatic carbocycles. The van der Waals surface area contributed by atoms with E-state index in [1.165, 1.54) is 11.3 Å². The minimum absolute atomic E-state index is 0.740. The summed E-state index contributed by atoms with van der Waals surface area (Å²) in [6.45, 7) is 7.58. The summed E-state index contributed by atoms with van der Waals surface area (Å²) in [4.78, 5) is 2.39. The third-order valence-electron chi connectivity index (χ3n) is 3.42. The maximum absolute atomic E-state index is 5.25. The predicted octanol–water partition coefficient (Wildman–Crippen LogP) is 2.68. The highest BCUT2D eigenvalue weighted by Crippen LogP contribution is 2.20. The van der Waals surface area contributed by atoms with E-state index in [0.717, 1.165) is 52.2 Å². The van der Waals surface area contributed by atoms with Crippen molar-refractivity contribution in [3.05, 3.63) is 29.8 Å². The lowest BCUT2D eigenvalue weighted by Gasteiger charge is -2.27. The minimum Gasteiger partial charge on any atom is -0.385 e. The zero-order valence-corrected chi connectivity index (χ0v) is 13.7. The average molecular weight is 294 g/mol. The zero-order valence-electron chi connectivity index (χ0n) is 13.7. The fourth-order valence-corrected chi connectivity index (χ4v) is 2.32. The smallest absolute Gasteiger partial charge is 0.0637 e. The number of methoxy groups -OCH3 is 2. The number of hydrogen-bond acceptors (Lipinski definition) is 4. The molecular weight excluding hydrogens is 264 g/mol. The quantitative estimate of drug-likeness (QED) is 0.601. The van der Waals surface area contributed by atoms with Gasteiger partial charge in [-0.2, -0.15) is 0 Å². The van der Waals surface area contributed by atoms with Gasteiger partial charge in [-0.3, -0.25) is 0 Å². The third kappa shape index (κ3) is 6.93. The van der Waals surface area contributed by atoms with Crippen LogP contribution in [0.4, 0.5) is 5.69 Å². The Morgan fingerprint density at radius 3 is 2.52 bits per heavy atom. The summed E-state index contributed by atoms with van der Waals surface area (Å²) in [5.41, 5.74) is 2.65. The molecule has 120 valence electrons. The van der Waals surface area contributed by atoms with Crippen LogP contribution < -0.4 is 10.2 Å².